The molecule has 0 aliphatic heterocycles. The Labute approximate surface area is 108 Å². The Bertz CT molecular complexity index is 391. The zero-order chi connectivity index (χ0) is 13.0. The Balaban J connectivity index is 1.78. The smallest absolute Gasteiger partial charge is 0.308 e. The van der Waals surface area contributed by atoms with Crippen LogP contribution < -0.4 is 5.32 Å². The molecule has 0 unspecified atom stereocenters. The quantitative estimate of drug-likeness (QED) is 0.835. The van der Waals surface area contributed by atoms with Crippen molar-refractivity contribution in [1.82, 2.24) is 0 Å². The van der Waals surface area contributed by atoms with Crippen LogP contribution in [0.25, 0.3) is 0 Å². The van der Waals surface area contributed by atoms with Crippen molar-refractivity contribution in [3.63, 3.8) is 0 Å². The molecule has 0 amide bonds. The van der Waals surface area contributed by atoms with Crippen LogP contribution in [0.1, 0.15) is 38.4 Å². The Hall–Kier alpha value is -1.45. The molecule has 0 atom stereocenters. The van der Waals surface area contributed by atoms with Crippen LogP contribution in [0, 0.1) is 12.8 Å². The van der Waals surface area contributed by atoms with Crippen LogP contribution in [0.3, 0.4) is 0 Å². The molecule has 1 N–H and O–H groups in total. The molecule has 0 saturated heterocycles. The summed E-state index contributed by atoms with van der Waals surface area (Å²) < 4.78 is 10.6. The van der Waals surface area contributed by atoms with E-state index in [0.29, 0.717) is 12.6 Å². The number of nitrogens with one attached hydrogen (secondary N) is 1. The number of furan rings is 1. The summed E-state index contributed by atoms with van der Waals surface area (Å²) in [5.74, 6) is 1.79. The van der Waals surface area contributed by atoms with E-state index in [9.17, 15) is 4.79 Å². The summed E-state index contributed by atoms with van der Waals surface area (Å²) >= 11 is 0. The number of carbonyl (C=O) groups is 1. The van der Waals surface area contributed by atoms with Crippen molar-refractivity contribution in [2.75, 3.05) is 11.9 Å². The molecule has 0 aromatic carbocycles. The van der Waals surface area contributed by atoms with Crippen molar-refractivity contribution in [2.45, 2.75) is 45.6 Å². The highest BCUT2D eigenvalue weighted by molar-refractivity contribution is 5.72. The zero-order valence-electron chi connectivity index (χ0n) is 11.1. The van der Waals surface area contributed by atoms with E-state index in [2.05, 4.69) is 5.32 Å². The van der Waals surface area contributed by atoms with Crippen molar-refractivity contribution >= 4 is 11.9 Å². The fraction of sp³-hybridized carbons (Fsp3) is 0.643. The van der Waals surface area contributed by atoms with Gasteiger partial charge in [-0.3, -0.25) is 4.79 Å². The Morgan fingerprint density at radius 2 is 2.11 bits per heavy atom. The first-order valence-electron chi connectivity index (χ1n) is 6.68. The van der Waals surface area contributed by atoms with E-state index in [1.54, 1.807) is 0 Å². The molecule has 0 radical (unpaired) electrons. The van der Waals surface area contributed by atoms with Gasteiger partial charge in [0.15, 0.2) is 5.88 Å². The topological polar surface area (TPSA) is 51.5 Å². The second kappa shape index (κ2) is 5.94. The first kappa shape index (κ1) is 13.0. The standard InChI is InChI=1S/C14H21NO3/c1-3-17-14(16)11-5-7-12(8-6-11)15-13-9-4-10(2)18-13/h4,9,11-12,15H,3,5-8H2,1-2H3. The Kier molecular flexibility index (Phi) is 4.28. The van der Waals surface area contributed by atoms with E-state index < -0.39 is 0 Å². The molecule has 4 nitrogen and oxygen atoms in total. The summed E-state index contributed by atoms with van der Waals surface area (Å²) in [6.45, 7) is 4.26. The van der Waals surface area contributed by atoms with Gasteiger partial charge in [-0.05, 0) is 45.6 Å². The van der Waals surface area contributed by atoms with Gasteiger partial charge in [-0.1, -0.05) is 0 Å². The second-order valence-corrected chi connectivity index (χ2v) is 4.86. The molecule has 0 spiro atoms. The van der Waals surface area contributed by atoms with E-state index >= 15 is 0 Å². The molecule has 1 aliphatic rings. The van der Waals surface area contributed by atoms with Crippen LogP contribution >= 0.6 is 0 Å². The fourth-order valence-corrected chi connectivity index (χ4v) is 2.45. The molecule has 1 aromatic heterocycles. The van der Waals surface area contributed by atoms with Crippen LogP contribution in [0.2, 0.25) is 0 Å². The average Bonchev–Trinajstić information content (AvgIpc) is 2.76. The molecule has 18 heavy (non-hydrogen) atoms. The van der Waals surface area contributed by atoms with Gasteiger partial charge < -0.3 is 14.5 Å². The molecule has 4 heteroatoms. The van der Waals surface area contributed by atoms with Gasteiger partial charge in [0.2, 0.25) is 0 Å². The summed E-state index contributed by atoms with van der Waals surface area (Å²) in [5.41, 5.74) is 0. The third kappa shape index (κ3) is 3.28. The Morgan fingerprint density at radius 1 is 1.39 bits per heavy atom. The third-order valence-electron chi connectivity index (χ3n) is 3.43. The second-order valence-electron chi connectivity index (χ2n) is 4.86. The number of aryl methyl sites for hydroxylation is 1. The lowest BCUT2D eigenvalue weighted by Crippen LogP contribution is -2.30. The third-order valence-corrected chi connectivity index (χ3v) is 3.43. The van der Waals surface area contributed by atoms with Crippen LogP contribution in [-0.4, -0.2) is 18.6 Å². The minimum atomic E-state index is -0.0372. The Morgan fingerprint density at radius 3 is 2.67 bits per heavy atom. The molecule has 100 valence electrons. The number of carbonyl (C=O) groups excluding carboxylic acids is 1. The predicted octanol–water partition coefficient (Wildman–Crippen LogP) is 3.12. The molecule has 1 aromatic rings. The van der Waals surface area contributed by atoms with E-state index in [1.807, 2.05) is 26.0 Å². The SMILES string of the molecule is CCOC(=O)C1CCC(Nc2ccc(C)o2)CC1. The molecule has 1 fully saturated rings. The zero-order valence-corrected chi connectivity index (χ0v) is 11.1. The van der Waals surface area contributed by atoms with Gasteiger partial charge in [-0.15, -0.1) is 0 Å². The maximum atomic E-state index is 11.6. The van der Waals surface area contributed by atoms with Crippen molar-refractivity contribution in [2.24, 2.45) is 5.92 Å². The number of anilines is 1. The average molecular weight is 251 g/mol. The van der Waals surface area contributed by atoms with Crippen LogP contribution in [0.15, 0.2) is 16.5 Å². The lowest BCUT2D eigenvalue weighted by Gasteiger charge is -2.27. The van der Waals surface area contributed by atoms with Gasteiger partial charge in [0.25, 0.3) is 0 Å². The number of rotatable bonds is 4. The van der Waals surface area contributed by atoms with Gasteiger partial charge in [-0.25, -0.2) is 0 Å². The van der Waals surface area contributed by atoms with E-state index in [1.165, 1.54) is 0 Å². The van der Waals surface area contributed by atoms with Crippen molar-refractivity contribution < 1.29 is 13.9 Å². The molecule has 1 aliphatic carbocycles. The number of ether oxygens (including phenoxy) is 1. The van der Waals surface area contributed by atoms with Gasteiger partial charge >= 0.3 is 5.97 Å². The van der Waals surface area contributed by atoms with Crippen LogP contribution in [0.4, 0.5) is 5.88 Å². The minimum absolute atomic E-state index is 0.0372. The van der Waals surface area contributed by atoms with Crippen molar-refractivity contribution in [3.05, 3.63) is 17.9 Å². The summed E-state index contributed by atoms with van der Waals surface area (Å²) in [6.07, 6.45) is 3.78. The largest absolute Gasteiger partial charge is 0.466 e. The number of hydrogen-bond acceptors (Lipinski definition) is 4. The highest BCUT2D eigenvalue weighted by atomic mass is 16.5. The van der Waals surface area contributed by atoms with Gasteiger partial charge in [-0.2, -0.15) is 0 Å². The van der Waals surface area contributed by atoms with Crippen molar-refractivity contribution in [3.8, 4) is 0 Å². The maximum absolute atomic E-state index is 11.6. The molecule has 2 rings (SSSR count). The van der Waals surface area contributed by atoms with E-state index in [4.69, 9.17) is 9.15 Å². The highest BCUT2D eigenvalue weighted by Crippen LogP contribution is 2.28. The first-order chi connectivity index (χ1) is 8.69. The summed E-state index contributed by atoms with van der Waals surface area (Å²) in [5, 5.41) is 3.37. The molecule has 1 heterocycles. The fourth-order valence-electron chi connectivity index (χ4n) is 2.45. The summed E-state index contributed by atoms with van der Waals surface area (Å²) in [6, 6.07) is 4.31. The molecular formula is C14H21NO3. The van der Waals surface area contributed by atoms with Crippen LogP contribution in [0.5, 0.6) is 0 Å². The monoisotopic (exact) mass is 251 g/mol. The molecule has 1 saturated carbocycles. The lowest BCUT2D eigenvalue weighted by atomic mass is 9.86. The van der Waals surface area contributed by atoms with Crippen molar-refractivity contribution in [1.29, 1.82) is 0 Å². The first-order valence-corrected chi connectivity index (χ1v) is 6.68. The summed E-state index contributed by atoms with van der Waals surface area (Å²) in [4.78, 5) is 11.6. The number of esters is 1. The minimum Gasteiger partial charge on any atom is -0.466 e. The van der Waals surface area contributed by atoms with Gasteiger partial charge in [0.1, 0.15) is 5.76 Å². The normalized spacial score (nSPS) is 23.7. The summed E-state index contributed by atoms with van der Waals surface area (Å²) in [7, 11) is 0. The number of hydrogen-bond donors (Lipinski definition) is 1. The van der Waals surface area contributed by atoms with Gasteiger partial charge in [0, 0.05) is 12.1 Å². The van der Waals surface area contributed by atoms with E-state index in [0.717, 1.165) is 37.3 Å². The van der Waals surface area contributed by atoms with E-state index in [-0.39, 0.29) is 11.9 Å². The molecular weight excluding hydrogens is 230 g/mol. The van der Waals surface area contributed by atoms with Crippen LogP contribution in [-0.2, 0) is 9.53 Å². The van der Waals surface area contributed by atoms with Gasteiger partial charge in [0.05, 0.1) is 12.5 Å². The predicted molar refractivity (Wildman–Crippen MR) is 69.4 cm³/mol. The lowest BCUT2D eigenvalue weighted by molar-refractivity contribution is -0.149. The molecule has 0 bridgehead atoms. The highest BCUT2D eigenvalue weighted by Gasteiger charge is 2.27. The maximum Gasteiger partial charge on any atom is 0.308 e.